The van der Waals surface area contributed by atoms with E-state index in [9.17, 15) is 4.79 Å². The molecule has 1 aromatic heterocycles. The van der Waals surface area contributed by atoms with Crippen molar-refractivity contribution in [3.63, 3.8) is 0 Å². The van der Waals surface area contributed by atoms with Crippen LogP contribution in [0.15, 0.2) is 73.4 Å². The number of rotatable bonds is 7. The van der Waals surface area contributed by atoms with Gasteiger partial charge in [-0.05, 0) is 78.2 Å². The molecule has 1 heterocycles. The van der Waals surface area contributed by atoms with Crippen LogP contribution in [0.2, 0.25) is 0 Å². The van der Waals surface area contributed by atoms with Gasteiger partial charge in [0.25, 0.3) is 5.56 Å². The molecule has 0 atom stereocenters. The zero-order valence-corrected chi connectivity index (χ0v) is 22.2. The van der Waals surface area contributed by atoms with Gasteiger partial charge in [0.15, 0.2) is 11.5 Å². The van der Waals surface area contributed by atoms with E-state index in [1.807, 2.05) is 43.3 Å². The number of ether oxygens (including phenoxy) is 2. The fraction of sp³-hybridized carbons (Fsp3) is 0.192. The summed E-state index contributed by atoms with van der Waals surface area (Å²) in [4.78, 5) is 17.5. The third kappa shape index (κ3) is 5.39. The van der Waals surface area contributed by atoms with E-state index in [4.69, 9.17) is 9.47 Å². The lowest BCUT2D eigenvalue weighted by molar-refractivity contribution is 0.267. The first-order valence-electron chi connectivity index (χ1n) is 10.7. The van der Waals surface area contributed by atoms with Crippen LogP contribution < -0.4 is 15.0 Å². The highest BCUT2D eigenvalue weighted by Gasteiger charge is 2.13. The summed E-state index contributed by atoms with van der Waals surface area (Å²) < 4.78 is 14.7. The van der Waals surface area contributed by atoms with Gasteiger partial charge in [-0.3, -0.25) is 4.79 Å². The van der Waals surface area contributed by atoms with Crippen LogP contribution in [0.3, 0.4) is 0 Å². The first kappa shape index (κ1) is 24.2. The van der Waals surface area contributed by atoms with Gasteiger partial charge < -0.3 is 9.47 Å². The van der Waals surface area contributed by atoms with Crippen LogP contribution in [0.25, 0.3) is 10.9 Å². The Labute approximate surface area is 214 Å². The average Bonchev–Trinajstić information content (AvgIpc) is 2.80. The summed E-state index contributed by atoms with van der Waals surface area (Å²) in [6.07, 6.45) is 1.61. The maximum atomic E-state index is 13.0. The van der Waals surface area contributed by atoms with Crippen molar-refractivity contribution >= 4 is 49.0 Å². The van der Waals surface area contributed by atoms with Crippen LogP contribution >= 0.6 is 31.9 Å². The standard InChI is InChI=1S/C26H23Br2N3O3/c1-4-33-24-12-19(11-22(28)25(24)34-15-18-7-5-16(2)6-8-18)14-29-31-17(3)30-23-10-9-20(27)13-21(23)26(31)32/h5-14H,4,15H2,1-3H3. The second-order valence-corrected chi connectivity index (χ2v) is 9.49. The Morgan fingerprint density at radius 1 is 1.03 bits per heavy atom. The third-order valence-corrected chi connectivity index (χ3v) is 6.21. The number of halogens is 2. The van der Waals surface area contributed by atoms with Crippen LogP contribution in [0.5, 0.6) is 11.5 Å². The predicted molar refractivity (Wildman–Crippen MR) is 142 cm³/mol. The van der Waals surface area contributed by atoms with Gasteiger partial charge in [-0.1, -0.05) is 45.8 Å². The van der Waals surface area contributed by atoms with E-state index in [0.717, 1.165) is 20.1 Å². The highest BCUT2D eigenvalue weighted by Crippen LogP contribution is 2.37. The fourth-order valence-corrected chi connectivity index (χ4v) is 4.36. The molecule has 0 unspecified atom stereocenters. The topological polar surface area (TPSA) is 65.7 Å². The Bertz CT molecular complexity index is 1430. The summed E-state index contributed by atoms with van der Waals surface area (Å²) >= 11 is 7.00. The van der Waals surface area contributed by atoms with Gasteiger partial charge in [0, 0.05) is 4.47 Å². The Morgan fingerprint density at radius 2 is 1.79 bits per heavy atom. The molecule has 0 saturated carbocycles. The lowest BCUT2D eigenvalue weighted by atomic mass is 10.1. The molecule has 34 heavy (non-hydrogen) atoms. The minimum Gasteiger partial charge on any atom is -0.490 e. The summed E-state index contributed by atoms with van der Waals surface area (Å²) in [6.45, 7) is 6.62. The highest BCUT2D eigenvalue weighted by atomic mass is 79.9. The maximum Gasteiger partial charge on any atom is 0.282 e. The molecule has 0 aliphatic heterocycles. The van der Waals surface area contributed by atoms with Gasteiger partial charge >= 0.3 is 0 Å². The molecular formula is C26H23Br2N3O3. The Kier molecular flexibility index (Phi) is 7.48. The molecule has 0 aliphatic rings. The van der Waals surface area contributed by atoms with Gasteiger partial charge in [-0.25, -0.2) is 4.98 Å². The predicted octanol–water partition coefficient (Wildman–Crippen LogP) is 6.40. The Hall–Kier alpha value is -2.97. The summed E-state index contributed by atoms with van der Waals surface area (Å²) in [5.74, 6) is 1.71. The summed E-state index contributed by atoms with van der Waals surface area (Å²) in [6, 6.07) is 17.3. The molecule has 3 aromatic carbocycles. The molecule has 174 valence electrons. The van der Waals surface area contributed by atoms with Gasteiger partial charge in [0.05, 0.1) is 28.2 Å². The molecule has 0 amide bonds. The minimum absolute atomic E-state index is 0.234. The van der Waals surface area contributed by atoms with Crippen molar-refractivity contribution < 1.29 is 9.47 Å². The lowest BCUT2D eigenvalue weighted by Crippen LogP contribution is -2.20. The second-order valence-electron chi connectivity index (χ2n) is 7.72. The van der Waals surface area contributed by atoms with E-state index in [-0.39, 0.29) is 5.56 Å². The van der Waals surface area contributed by atoms with E-state index in [1.165, 1.54) is 10.2 Å². The lowest BCUT2D eigenvalue weighted by Gasteiger charge is -2.15. The average molecular weight is 585 g/mol. The number of benzene rings is 3. The molecular weight excluding hydrogens is 562 g/mol. The molecule has 0 spiro atoms. The number of hydrogen-bond acceptors (Lipinski definition) is 5. The van der Waals surface area contributed by atoms with E-state index in [1.54, 1.807) is 19.2 Å². The van der Waals surface area contributed by atoms with Crippen molar-refractivity contribution in [2.24, 2.45) is 5.10 Å². The zero-order valence-electron chi connectivity index (χ0n) is 19.0. The van der Waals surface area contributed by atoms with Crippen molar-refractivity contribution in [3.8, 4) is 11.5 Å². The van der Waals surface area contributed by atoms with E-state index in [2.05, 4.69) is 61.0 Å². The summed E-state index contributed by atoms with van der Waals surface area (Å²) in [5.41, 5.74) is 3.41. The molecule has 0 N–H and O–H groups in total. The minimum atomic E-state index is -0.234. The normalized spacial score (nSPS) is 11.3. The number of fused-ring (bicyclic) bond motifs is 1. The first-order valence-corrected chi connectivity index (χ1v) is 12.3. The Morgan fingerprint density at radius 3 is 2.53 bits per heavy atom. The van der Waals surface area contributed by atoms with Crippen molar-refractivity contribution in [3.05, 3.63) is 96.4 Å². The molecule has 0 fully saturated rings. The number of aromatic nitrogens is 2. The molecule has 6 nitrogen and oxygen atoms in total. The molecule has 0 bridgehead atoms. The quantitative estimate of drug-likeness (QED) is 0.236. The smallest absolute Gasteiger partial charge is 0.282 e. The molecule has 8 heteroatoms. The second kappa shape index (κ2) is 10.5. The van der Waals surface area contributed by atoms with Crippen LogP contribution in [-0.2, 0) is 6.61 Å². The van der Waals surface area contributed by atoms with Gasteiger partial charge in [0.2, 0.25) is 0 Å². The largest absolute Gasteiger partial charge is 0.490 e. The molecule has 0 radical (unpaired) electrons. The summed E-state index contributed by atoms with van der Waals surface area (Å²) in [5, 5.41) is 4.91. The van der Waals surface area contributed by atoms with Crippen LogP contribution in [0, 0.1) is 13.8 Å². The number of aryl methyl sites for hydroxylation is 2. The van der Waals surface area contributed by atoms with E-state index in [0.29, 0.717) is 41.4 Å². The SMILES string of the molecule is CCOc1cc(C=Nn2c(C)nc3ccc(Br)cc3c2=O)cc(Br)c1OCc1ccc(C)cc1. The van der Waals surface area contributed by atoms with Crippen molar-refractivity contribution in [1.82, 2.24) is 9.66 Å². The highest BCUT2D eigenvalue weighted by molar-refractivity contribution is 9.10. The zero-order chi connectivity index (χ0) is 24.2. The van der Waals surface area contributed by atoms with Gasteiger partial charge in [-0.15, -0.1) is 0 Å². The van der Waals surface area contributed by atoms with Crippen molar-refractivity contribution in [1.29, 1.82) is 0 Å². The third-order valence-electron chi connectivity index (χ3n) is 5.13. The van der Waals surface area contributed by atoms with Crippen LogP contribution in [0.1, 0.15) is 29.4 Å². The molecule has 0 saturated heterocycles. The first-order chi connectivity index (χ1) is 16.4. The molecule has 4 aromatic rings. The molecule has 0 aliphatic carbocycles. The van der Waals surface area contributed by atoms with Crippen molar-refractivity contribution in [2.45, 2.75) is 27.4 Å². The maximum absolute atomic E-state index is 13.0. The van der Waals surface area contributed by atoms with E-state index < -0.39 is 0 Å². The number of hydrogen-bond donors (Lipinski definition) is 0. The monoisotopic (exact) mass is 583 g/mol. The molecule has 4 rings (SSSR count). The van der Waals surface area contributed by atoms with Crippen LogP contribution in [0.4, 0.5) is 0 Å². The van der Waals surface area contributed by atoms with Gasteiger partial charge in [0.1, 0.15) is 12.4 Å². The fourth-order valence-electron chi connectivity index (χ4n) is 3.43. The van der Waals surface area contributed by atoms with Crippen molar-refractivity contribution in [2.75, 3.05) is 6.61 Å². The van der Waals surface area contributed by atoms with Gasteiger partial charge in [-0.2, -0.15) is 9.78 Å². The summed E-state index contributed by atoms with van der Waals surface area (Å²) in [7, 11) is 0. The number of nitrogens with zero attached hydrogens (tertiary/aromatic N) is 3. The van der Waals surface area contributed by atoms with E-state index >= 15 is 0 Å². The van der Waals surface area contributed by atoms with Crippen LogP contribution in [-0.4, -0.2) is 22.5 Å². The Balaban J connectivity index is 1.65.